The minimum atomic E-state index is -4.72. The van der Waals surface area contributed by atoms with Crippen LogP contribution in [0.2, 0.25) is 0 Å². The van der Waals surface area contributed by atoms with Gasteiger partial charge in [0.05, 0.1) is 5.41 Å². The summed E-state index contributed by atoms with van der Waals surface area (Å²) in [6.45, 7) is 1.90. The fourth-order valence-electron chi connectivity index (χ4n) is 3.79. The van der Waals surface area contributed by atoms with Gasteiger partial charge in [0.2, 0.25) is 5.91 Å². The molecule has 2 aliphatic rings. The van der Waals surface area contributed by atoms with Crippen LogP contribution in [0.3, 0.4) is 0 Å². The number of pyridine rings is 1. The maximum atomic E-state index is 13.6. The maximum absolute atomic E-state index is 13.6. The lowest BCUT2D eigenvalue weighted by Crippen LogP contribution is -2.42. The summed E-state index contributed by atoms with van der Waals surface area (Å²) in [6, 6.07) is 0.520. The number of hydrogen-bond donors (Lipinski definition) is 2. The number of likely N-dealkylation sites (tertiary alicyclic amines) is 1. The maximum Gasteiger partial charge on any atom is 0.431 e. The molecule has 2 aromatic heterocycles. The van der Waals surface area contributed by atoms with Gasteiger partial charge in [-0.05, 0) is 25.0 Å². The van der Waals surface area contributed by atoms with E-state index in [4.69, 9.17) is 4.42 Å². The Balaban J connectivity index is 1.46. The number of aromatic nitrogens is 3. The number of hydrogen-bond acceptors (Lipinski definition) is 6. The van der Waals surface area contributed by atoms with Gasteiger partial charge in [-0.25, -0.2) is 8.78 Å². The van der Waals surface area contributed by atoms with Crippen LogP contribution in [0.15, 0.2) is 21.3 Å². The lowest BCUT2D eigenvalue weighted by atomic mass is 10.1. The van der Waals surface area contributed by atoms with E-state index in [2.05, 4.69) is 15.5 Å². The van der Waals surface area contributed by atoms with Crippen LogP contribution >= 0.6 is 0 Å². The predicted molar refractivity (Wildman–Crippen MR) is 96.3 cm³/mol. The number of carbonyl (C=O) groups excluding carboxylic acids is 1. The summed E-state index contributed by atoms with van der Waals surface area (Å²) in [5.41, 5.74) is -3.69. The van der Waals surface area contributed by atoms with E-state index in [1.165, 1.54) is 4.90 Å². The molecular formula is C18H18F5N5O3. The second-order valence-corrected chi connectivity index (χ2v) is 7.80. The number of anilines is 1. The third kappa shape index (κ3) is 3.76. The van der Waals surface area contributed by atoms with Gasteiger partial charge in [-0.1, -0.05) is 12.0 Å². The molecule has 0 bridgehead atoms. The first kappa shape index (κ1) is 21.2. The fourth-order valence-corrected chi connectivity index (χ4v) is 3.79. The first-order chi connectivity index (χ1) is 14.5. The third-order valence-electron chi connectivity index (χ3n) is 5.75. The molecule has 1 saturated carbocycles. The standard InChI is InChI=1S/C18H18F5N5O3/c1-2-10(14(30)28-6-5-16(8-28)7-17(16,19)20)24-15-27-26-13(31-15)9-3-4-11(18(21,22)23)25-12(9)29/h3-4,10H,2,5-8H2,1H3,(H,24,27)(H,25,29)/t10-,16-/m0/s1. The molecule has 2 aromatic rings. The topological polar surface area (TPSA) is 104 Å². The van der Waals surface area contributed by atoms with Gasteiger partial charge < -0.3 is 19.6 Å². The smallest absolute Gasteiger partial charge is 0.403 e. The molecule has 0 radical (unpaired) electrons. The lowest BCUT2D eigenvalue weighted by molar-refractivity contribution is -0.141. The minimum Gasteiger partial charge on any atom is -0.403 e. The van der Waals surface area contributed by atoms with Gasteiger partial charge in [-0.3, -0.25) is 9.59 Å². The van der Waals surface area contributed by atoms with Gasteiger partial charge in [0.25, 0.3) is 17.4 Å². The van der Waals surface area contributed by atoms with Crippen molar-refractivity contribution in [1.82, 2.24) is 20.1 Å². The third-order valence-corrected chi connectivity index (χ3v) is 5.75. The zero-order valence-electron chi connectivity index (χ0n) is 16.2. The van der Waals surface area contributed by atoms with Crippen LogP contribution in [0.1, 0.15) is 31.9 Å². The van der Waals surface area contributed by atoms with Crippen molar-refractivity contribution in [2.75, 3.05) is 18.4 Å². The van der Waals surface area contributed by atoms with Crippen molar-refractivity contribution < 1.29 is 31.2 Å². The molecular weight excluding hydrogens is 429 g/mol. The van der Waals surface area contributed by atoms with Crippen LogP contribution in [0.5, 0.6) is 0 Å². The molecule has 168 valence electrons. The number of rotatable bonds is 5. The van der Waals surface area contributed by atoms with Gasteiger partial charge in [0, 0.05) is 19.5 Å². The summed E-state index contributed by atoms with van der Waals surface area (Å²) >= 11 is 0. The molecule has 0 aromatic carbocycles. The Bertz CT molecular complexity index is 1070. The average Bonchev–Trinajstić information content (AvgIpc) is 3.07. The number of halogens is 5. The van der Waals surface area contributed by atoms with Gasteiger partial charge >= 0.3 is 12.2 Å². The number of alkyl halides is 5. The molecule has 31 heavy (non-hydrogen) atoms. The van der Waals surface area contributed by atoms with E-state index in [0.717, 1.165) is 6.07 Å². The molecule has 2 atom stereocenters. The Hall–Kier alpha value is -2.99. The Morgan fingerprint density at radius 2 is 2.06 bits per heavy atom. The van der Waals surface area contributed by atoms with Crippen molar-refractivity contribution in [3.63, 3.8) is 0 Å². The molecule has 2 N–H and O–H groups in total. The number of H-pyrrole nitrogens is 1. The van der Waals surface area contributed by atoms with E-state index in [1.54, 1.807) is 11.9 Å². The Kier molecular flexibility index (Phi) is 4.81. The second-order valence-electron chi connectivity index (χ2n) is 7.80. The van der Waals surface area contributed by atoms with Crippen molar-refractivity contribution in [3.8, 4) is 11.5 Å². The van der Waals surface area contributed by atoms with Crippen LogP contribution in [-0.2, 0) is 11.0 Å². The molecule has 13 heteroatoms. The SMILES string of the molecule is CC[C@H](Nc1nnc(-c2ccc(C(F)(F)F)[nH]c2=O)o1)C(=O)N1CC[C@@]2(C1)CC2(F)F. The van der Waals surface area contributed by atoms with Crippen LogP contribution in [0.4, 0.5) is 28.0 Å². The Morgan fingerprint density at radius 1 is 1.35 bits per heavy atom. The Labute approximate surface area is 171 Å². The number of nitrogens with zero attached hydrogens (tertiary/aromatic N) is 3. The molecule has 8 nitrogen and oxygen atoms in total. The highest BCUT2D eigenvalue weighted by Crippen LogP contribution is 2.65. The molecule has 1 saturated heterocycles. The first-order valence-electron chi connectivity index (χ1n) is 9.53. The van der Waals surface area contributed by atoms with Crippen LogP contribution < -0.4 is 10.9 Å². The first-order valence-corrected chi connectivity index (χ1v) is 9.53. The fraction of sp³-hybridized carbons (Fsp3) is 0.556. The second kappa shape index (κ2) is 7.02. The summed E-state index contributed by atoms with van der Waals surface area (Å²) in [5.74, 6) is -3.47. The number of carbonyl (C=O) groups is 1. The molecule has 3 heterocycles. The van der Waals surface area contributed by atoms with E-state index in [0.29, 0.717) is 6.07 Å². The summed E-state index contributed by atoms with van der Waals surface area (Å²) < 4.78 is 70.5. The molecule has 0 unspecified atom stereocenters. The van der Waals surface area contributed by atoms with E-state index in [-0.39, 0.29) is 49.8 Å². The lowest BCUT2D eigenvalue weighted by Gasteiger charge is -2.22. The predicted octanol–water partition coefficient (Wildman–Crippen LogP) is 2.89. The van der Waals surface area contributed by atoms with E-state index >= 15 is 0 Å². The number of aromatic amines is 1. The summed E-state index contributed by atoms with van der Waals surface area (Å²) in [6.07, 6.45) is -4.41. The van der Waals surface area contributed by atoms with Crippen molar-refractivity contribution in [2.24, 2.45) is 5.41 Å². The van der Waals surface area contributed by atoms with Crippen LogP contribution in [0, 0.1) is 5.41 Å². The molecule has 1 aliphatic heterocycles. The van der Waals surface area contributed by atoms with Gasteiger partial charge in [-0.15, -0.1) is 5.10 Å². The quantitative estimate of drug-likeness (QED) is 0.684. The van der Waals surface area contributed by atoms with Gasteiger partial charge in [0.15, 0.2) is 0 Å². The molecule has 1 spiro atoms. The number of amides is 1. The molecule has 1 aliphatic carbocycles. The summed E-state index contributed by atoms with van der Waals surface area (Å²) in [5, 5.41) is 10.0. The van der Waals surface area contributed by atoms with Gasteiger partial charge in [0.1, 0.15) is 17.3 Å². The zero-order chi connectivity index (χ0) is 22.6. The Morgan fingerprint density at radius 3 is 2.61 bits per heavy atom. The monoisotopic (exact) mass is 447 g/mol. The van der Waals surface area contributed by atoms with Gasteiger partial charge in [-0.2, -0.15) is 13.2 Å². The highest BCUT2D eigenvalue weighted by Gasteiger charge is 2.73. The molecule has 2 fully saturated rings. The largest absolute Gasteiger partial charge is 0.431 e. The molecule has 4 rings (SSSR count). The minimum absolute atomic E-state index is 0.0208. The van der Waals surface area contributed by atoms with Crippen molar-refractivity contribution in [1.29, 1.82) is 0 Å². The summed E-state index contributed by atoms with van der Waals surface area (Å²) in [4.78, 5) is 27.8. The van der Waals surface area contributed by atoms with Crippen molar-refractivity contribution >= 4 is 11.9 Å². The van der Waals surface area contributed by atoms with Crippen LogP contribution in [-0.4, -0.2) is 51.0 Å². The molecule has 1 amide bonds. The number of nitrogens with one attached hydrogen (secondary N) is 2. The van der Waals surface area contributed by atoms with E-state index < -0.39 is 40.7 Å². The highest BCUT2D eigenvalue weighted by molar-refractivity contribution is 5.84. The van der Waals surface area contributed by atoms with Crippen molar-refractivity contribution in [2.45, 2.75) is 44.3 Å². The van der Waals surface area contributed by atoms with E-state index in [9.17, 15) is 31.5 Å². The summed E-state index contributed by atoms with van der Waals surface area (Å²) in [7, 11) is 0. The normalized spacial score (nSPS) is 23.2. The highest BCUT2D eigenvalue weighted by atomic mass is 19.4. The van der Waals surface area contributed by atoms with E-state index in [1.807, 2.05) is 0 Å². The van der Waals surface area contributed by atoms with Crippen molar-refractivity contribution in [3.05, 3.63) is 28.2 Å². The van der Waals surface area contributed by atoms with Crippen LogP contribution in [0.25, 0.3) is 11.5 Å². The zero-order valence-corrected chi connectivity index (χ0v) is 16.2. The average molecular weight is 447 g/mol.